The Kier molecular flexibility index (Phi) is 11.1. The predicted molar refractivity (Wildman–Crippen MR) is 123 cm³/mol. The smallest absolute Gasteiger partial charge is 0.450 e. The Hall–Kier alpha value is -4.17. The van der Waals surface area contributed by atoms with Crippen molar-refractivity contribution in [3.63, 3.8) is 0 Å². The van der Waals surface area contributed by atoms with Gasteiger partial charge in [-0.25, -0.2) is 4.79 Å². The van der Waals surface area contributed by atoms with E-state index in [1.165, 1.54) is 18.3 Å². The van der Waals surface area contributed by atoms with Crippen LogP contribution < -0.4 is 21.2 Å². The molecule has 36 heavy (non-hydrogen) atoms. The van der Waals surface area contributed by atoms with Gasteiger partial charge in [0.1, 0.15) is 11.4 Å². The lowest BCUT2D eigenvalue weighted by Gasteiger charge is -2.10. The predicted octanol–water partition coefficient (Wildman–Crippen LogP) is 1.90. The van der Waals surface area contributed by atoms with Crippen LogP contribution in [0.1, 0.15) is 31.0 Å². The number of hydrazone groups is 1. The molecule has 0 bridgehead atoms. The fourth-order valence-electron chi connectivity index (χ4n) is 2.78. The minimum Gasteiger partial charge on any atom is -0.450 e. The molecule has 0 unspecified atom stereocenters. The number of alkyl halides is 3. The molecule has 0 aliphatic heterocycles. The number of hydrogen-bond donors (Lipinski definition) is 3. The molecule has 1 heterocycles. The van der Waals surface area contributed by atoms with Crippen molar-refractivity contribution in [2.75, 3.05) is 13.2 Å². The van der Waals surface area contributed by atoms with Crippen molar-refractivity contribution in [3.8, 4) is 5.75 Å². The number of hydrogen-bond acceptors (Lipinski definition) is 9. The van der Waals surface area contributed by atoms with Gasteiger partial charge in [0, 0.05) is 19.6 Å². The number of aromatic nitrogens is 3. The van der Waals surface area contributed by atoms with Crippen LogP contribution in [0.25, 0.3) is 0 Å². The minimum atomic E-state index is -4.81. The zero-order valence-corrected chi connectivity index (χ0v) is 19.5. The maximum atomic E-state index is 12.3. The Labute approximate surface area is 204 Å². The third-order valence-corrected chi connectivity index (χ3v) is 4.37. The summed E-state index contributed by atoms with van der Waals surface area (Å²) in [5.74, 6) is 4.23. The number of nitrogens with two attached hydrogens (primary N) is 1. The van der Waals surface area contributed by atoms with Crippen LogP contribution in [0.2, 0.25) is 0 Å². The van der Waals surface area contributed by atoms with Crippen LogP contribution in [0.5, 0.6) is 5.75 Å². The van der Waals surface area contributed by atoms with Gasteiger partial charge >= 0.3 is 12.5 Å². The molecule has 0 saturated heterocycles. The lowest BCUT2D eigenvalue weighted by molar-refractivity contribution is -0.274. The highest BCUT2D eigenvalue weighted by molar-refractivity contribution is 6.60. The molecule has 0 fully saturated rings. The molecule has 0 aliphatic rings. The van der Waals surface area contributed by atoms with E-state index in [9.17, 15) is 22.8 Å². The molecule has 4 N–H and O–H groups in total. The summed E-state index contributed by atoms with van der Waals surface area (Å²) in [4.78, 5) is 27.6. The fraction of sp³-hybridized carbons (Fsp3) is 0.429. The average Bonchev–Trinajstić information content (AvgIpc) is 3.28. The highest BCUT2D eigenvalue weighted by Gasteiger charge is 2.31. The third kappa shape index (κ3) is 10.8. The van der Waals surface area contributed by atoms with Crippen molar-refractivity contribution in [3.05, 3.63) is 41.7 Å². The number of unbranched alkanes of at least 4 members (excludes halogenated alkanes) is 1. The normalized spacial score (nSPS) is 11.9. The zero-order valence-electron chi connectivity index (χ0n) is 19.5. The van der Waals surface area contributed by atoms with E-state index in [1.807, 2.05) is 0 Å². The van der Waals surface area contributed by atoms with Gasteiger partial charge in [-0.3, -0.25) is 14.5 Å². The van der Waals surface area contributed by atoms with Crippen LogP contribution in [0.4, 0.5) is 18.0 Å². The monoisotopic (exact) mass is 512 g/mol. The number of alkyl carbamates (subject to hydrolysis) is 1. The summed E-state index contributed by atoms with van der Waals surface area (Å²) in [5, 5.41) is 16.4. The summed E-state index contributed by atoms with van der Waals surface area (Å²) in [6.07, 6.45) is -0.985. The summed E-state index contributed by atoms with van der Waals surface area (Å²) in [5.41, 5.74) is 0.856. The Balaban J connectivity index is 1.69. The molecule has 2 aromatic rings. The highest BCUT2D eigenvalue weighted by Crippen LogP contribution is 2.23. The number of benzene rings is 1. The largest absolute Gasteiger partial charge is 0.573 e. The Morgan fingerprint density at radius 3 is 2.75 bits per heavy atom. The van der Waals surface area contributed by atoms with Crippen molar-refractivity contribution >= 4 is 23.9 Å². The molecule has 0 atom stereocenters. The number of aryl methyl sites for hydroxylation is 1. The first-order chi connectivity index (χ1) is 17.2. The van der Waals surface area contributed by atoms with Crippen molar-refractivity contribution < 1.29 is 32.2 Å². The molecular formula is C21H27F3N8O4. The molecule has 1 aromatic heterocycles. The van der Waals surface area contributed by atoms with Crippen LogP contribution in [0.15, 0.2) is 40.6 Å². The van der Waals surface area contributed by atoms with Crippen LogP contribution in [0, 0.1) is 0 Å². The number of carbonyl (C=O) groups excluding carboxylic acids is 2. The second-order valence-corrected chi connectivity index (χ2v) is 7.18. The topological polar surface area (TPSA) is 158 Å². The van der Waals surface area contributed by atoms with Crippen molar-refractivity contribution in [1.82, 2.24) is 25.6 Å². The lowest BCUT2D eigenvalue weighted by Crippen LogP contribution is -2.32. The Bertz CT molecular complexity index is 1060. The van der Waals surface area contributed by atoms with E-state index >= 15 is 0 Å². The average molecular weight is 512 g/mol. The summed E-state index contributed by atoms with van der Waals surface area (Å²) in [6.45, 7) is 3.12. The van der Waals surface area contributed by atoms with Gasteiger partial charge in [0.05, 0.1) is 25.6 Å². The maximum absolute atomic E-state index is 12.3. The van der Waals surface area contributed by atoms with E-state index in [2.05, 4.69) is 35.8 Å². The molecule has 2 rings (SSSR count). The van der Waals surface area contributed by atoms with Gasteiger partial charge in [-0.05, 0) is 37.5 Å². The maximum Gasteiger partial charge on any atom is 0.573 e. The van der Waals surface area contributed by atoms with Gasteiger partial charge in [0.2, 0.25) is 0 Å². The Morgan fingerprint density at radius 1 is 1.22 bits per heavy atom. The quantitative estimate of drug-likeness (QED) is 0.160. The van der Waals surface area contributed by atoms with Crippen molar-refractivity contribution in [1.29, 1.82) is 0 Å². The number of nitrogens with zero attached hydrogens (tertiary/aromatic N) is 5. The van der Waals surface area contributed by atoms with E-state index in [-0.39, 0.29) is 31.2 Å². The van der Waals surface area contributed by atoms with Crippen LogP contribution in [-0.4, -0.2) is 58.4 Å². The van der Waals surface area contributed by atoms with Crippen LogP contribution in [-0.2, 0) is 29.2 Å². The van der Waals surface area contributed by atoms with Gasteiger partial charge in [-0.15, -0.1) is 18.3 Å². The van der Waals surface area contributed by atoms with Gasteiger partial charge in [-0.1, -0.05) is 17.3 Å². The molecule has 0 aliphatic carbocycles. The van der Waals surface area contributed by atoms with Crippen molar-refractivity contribution in [2.45, 2.75) is 45.8 Å². The summed E-state index contributed by atoms with van der Waals surface area (Å²) in [7, 11) is 0. The summed E-state index contributed by atoms with van der Waals surface area (Å²) in [6, 6.07) is 5.23. The zero-order chi connectivity index (χ0) is 26.4. The van der Waals surface area contributed by atoms with Crippen molar-refractivity contribution in [2.24, 2.45) is 15.9 Å². The minimum absolute atomic E-state index is 0.0596. The third-order valence-electron chi connectivity index (χ3n) is 4.37. The van der Waals surface area contributed by atoms with E-state index < -0.39 is 18.4 Å². The molecule has 0 saturated carbocycles. The summed E-state index contributed by atoms with van der Waals surface area (Å²) >= 11 is 0. The number of ether oxygens (including phenoxy) is 2. The standard InChI is InChI=1S/C21H27F3N8O4/c1-2-35-20(34)28-12-16-14-32(31-30-16)9-4-3-8-26-13-18(29-25)19(33)27-11-15-6-5-7-17(10-15)36-21(22,23)24/h5-7,10,13-14H,2-4,8-9,11-12,25H2,1H3,(H,27,33)(H,28,34). The number of amides is 2. The first-order valence-corrected chi connectivity index (χ1v) is 10.9. The van der Waals surface area contributed by atoms with E-state index in [4.69, 9.17) is 10.6 Å². The molecule has 0 radical (unpaired) electrons. The Morgan fingerprint density at radius 2 is 2.03 bits per heavy atom. The van der Waals surface area contributed by atoms with E-state index in [0.717, 1.165) is 18.6 Å². The van der Waals surface area contributed by atoms with Crippen LogP contribution in [0.3, 0.4) is 0 Å². The number of carbonyl (C=O) groups is 2. The van der Waals surface area contributed by atoms with E-state index in [0.29, 0.717) is 30.8 Å². The molecule has 15 heteroatoms. The lowest BCUT2D eigenvalue weighted by atomic mass is 10.2. The van der Waals surface area contributed by atoms with Gasteiger partial charge in [0.15, 0.2) is 5.71 Å². The second-order valence-electron chi connectivity index (χ2n) is 7.18. The fourth-order valence-corrected chi connectivity index (χ4v) is 2.78. The van der Waals surface area contributed by atoms with Gasteiger partial charge < -0.3 is 25.9 Å². The number of aliphatic imine (C=N–C) groups is 1. The first kappa shape index (κ1) is 28.1. The van der Waals surface area contributed by atoms with E-state index in [1.54, 1.807) is 17.8 Å². The van der Waals surface area contributed by atoms with Crippen LogP contribution >= 0.6 is 0 Å². The number of rotatable bonds is 13. The number of halogens is 3. The molecule has 196 valence electrons. The SMILES string of the molecule is CCOC(=O)NCc1cn(CCCCN=CC(=NN)C(=O)NCc2cccc(OC(F)(F)F)c2)nn1. The molecule has 2 amide bonds. The second kappa shape index (κ2) is 14.3. The molecule has 1 aromatic carbocycles. The molecular weight excluding hydrogens is 485 g/mol. The van der Waals surface area contributed by atoms with Gasteiger partial charge in [0.25, 0.3) is 5.91 Å². The molecule has 0 spiro atoms. The first-order valence-electron chi connectivity index (χ1n) is 10.9. The number of nitrogens with one attached hydrogen (secondary N) is 2. The molecule has 12 nitrogen and oxygen atoms in total. The van der Waals surface area contributed by atoms with Gasteiger partial charge in [-0.2, -0.15) is 5.10 Å². The summed E-state index contributed by atoms with van der Waals surface area (Å²) < 4.78 is 47.3. The highest BCUT2D eigenvalue weighted by atomic mass is 19.4.